The fraction of sp³-hybridized carbons (Fsp3) is 0.273. The van der Waals surface area contributed by atoms with Crippen molar-refractivity contribution in [2.75, 3.05) is 6.61 Å². The molecule has 0 fully saturated rings. The lowest BCUT2D eigenvalue weighted by atomic mass is 10.0. The van der Waals surface area contributed by atoms with Gasteiger partial charge in [0.1, 0.15) is 5.75 Å². The first-order chi connectivity index (χ1) is 7.63. The highest BCUT2D eigenvalue weighted by Gasteiger charge is 2.19. The number of rotatable bonds is 5. The van der Waals surface area contributed by atoms with Crippen LogP contribution in [0.2, 0.25) is 0 Å². The van der Waals surface area contributed by atoms with E-state index in [1.807, 2.05) is 0 Å². The van der Waals surface area contributed by atoms with E-state index < -0.39 is 12.0 Å². The molecule has 0 amide bonds. The lowest BCUT2D eigenvalue weighted by molar-refractivity contribution is 0.109. The highest BCUT2D eigenvalue weighted by Crippen LogP contribution is 2.29. The van der Waals surface area contributed by atoms with Crippen LogP contribution in [0.15, 0.2) is 12.1 Å². The summed E-state index contributed by atoms with van der Waals surface area (Å²) < 4.78 is 30.3. The van der Waals surface area contributed by atoms with Gasteiger partial charge in [0.2, 0.25) is 0 Å². The fourth-order valence-corrected chi connectivity index (χ4v) is 1.37. The Morgan fingerprint density at radius 1 is 1.25 bits per heavy atom. The van der Waals surface area contributed by atoms with Crippen molar-refractivity contribution in [1.29, 1.82) is 0 Å². The van der Waals surface area contributed by atoms with Gasteiger partial charge in [-0.25, -0.2) is 8.78 Å². The van der Waals surface area contributed by atoms with Crippen molar-refractivity contribution in [3.8, 4) is 5.75 Å². The van der Waals surface area contributed by atoms with E-state index in [9.17, 15) is 18.4 Å². The summed E-state index contributed by atoms with van der Waals surface area (Å²) in [5.74, 6) is 0.233. The van der Waals surface area contributed by atoms with Gasteiger partial charge >= 0.3 is 0 Å². The molecule has 0 heterocycles. The number of hydrogen-bond acceptors (Lipinski definition) is 3. The largest absolute Gasteiger partial charge is 0.494 e. The average Bonchev–Trinajstić information content (AvgIpc) is 2.27. The molecule has 0 aliphatic carbocycles. The molecule has 0 aromatic heterocycles. The summed E-state index contributed by atoms with van der Waals surface area (Å²) in [7, 11) is 0. The van der Waals surface area contributed by atoms with E-state index in [0.29, 0.717) is 6.61 Å². The Bertz CT molecular complexity index is 373. The second kappa shape index (κ2) is 5.34. The van der Waals surface area contributed by atoms with Crippen LogP contribution in [-0.4, -0.2) is 19.2 Å². The van der Waals surface area contributed by atoms with Crippen LogP contribution >= 0.6 is 0 Å². The standard InChI is InChI=1S/C11H10F2O3/c1-2-16-9-3-7(5-14)10(11(12)13)8(4-9)6-15/h3-6,11H,2H2,1H3. The van der Waals surface area contributed by atoms with Crippen LogP contribution in [0, 0.1) is 0 Å². The monoisotopic (exact) mass is 228 g/mol. The van der Waals surface area contributed by atoms with Crippen molar-refractivity contribution in [2.24, 2.45) is 0 Å². The summed E-state index contributed by atoms with van der Waals surface area (Å²) in [6.45, 7) is 2.03. The number of carbonyl (C=O) groups is 2. The minimum atomic E-state index is -2.86. The van der Waals surface area contributed by atoms with Gasteiger partial charge in [-0.1, -0.05) is 0 Å². The lowest BCUT2D eigenvalue weighted by Gasteiger charge is -2.10. The van der Waals surface area contributed by atoms with Crippen LogP contribution in [0.4, 0.5) is 8.78 Å². The van der Waals surface area contributed by atoms with Crippen LogP contribution in [0.1, 0.15) is 39.6 Å². The maximum Gasteiger partial charge on any atom is 0.265 e. The summed E-state index contributed by atoms with van der Waals surface area (Å²) >= 11 is 0. The van der Waals surface area contributed by atoms with Gasteiger partial charge in [0.15, 0.2) is 12.6 Å². The molecule has 0 aliphatic heterocycles. The van der Waals surface area contributed by atoms with Crippen LogP contribution in [0.25, 0.3) is 0 Å². The SMILES string of the molecule is CCOc1cc(C=O)c(C(F)F)c(C=O)c1. The van der Waals surface area contributed by atoms with Gasteiger partial charge in [-0.3, -0.25) is 9.59 Å². The fourth-order valence-electron chi connectivity index (χ4n) is 1.37. The molecule has 3 nitrogen and oxygen atoms in total. The molecule has 1 aromatic carbocycles. The van der Waals surface area contributed by atoms with E-state index in [4.69, 9.17) is 4.74 Å². The Balaban J connectivity index is 3.36. The summed E-state index contributed by atoms with van der Waals surface area (Å²) in [6, 6.07) is 2.40. The normalized spacial score (nSPS) is 10.2. The molecule has 0 atom stereocenters. The van der Waals surface area contributed by atoms with Gasteiger partial charge in [0, 0.05) is 16.7 Å². The van der Waals surface area contributed by atoms with E-state index in [1.54, 1.807) is 6.92 Å². The molecule has 0 aliphatic rings. The van der Waals surface area contributed by atoms with Crippen LogP contribution in [-0.2, 0) is 0 Å². The molecule has 16 heavy (non-hydrogen) atoms. The first-order valence-corrected chi connectivity index (χ1v) is 4.63. The Morgan fingerprint density at radius 2 is 1.75 bits per heavy atom. The third kappa shape index (κ3) is 2.42. The van der Waals surface area contributed by atoms with Crippen molar-refractivity contribution >= 4 is 12.6 Å². The van der Waals surface area contributed by atoms with E-state index in [1.165, 1.54) is 12.1 Å². The van der Waals surface area contributed by atoms with Crippen molar-refractivity contribution < 1.29 is 23.1 Å². The molecule has 0 saturated carbocycles. The first kappa shape index (κ1) is 12.3. The van der Waals surface area contributed by atoms with Crippen molar-refractivity contribution in [1.82, 2.24) is 0 Å². The van der Waals surface area contributed by atoms with Crippen molar-refractivity contribution in [2.45, 2.75) is 13.3 Å². The van der Waals surface area contributed by atoms with Crippen LogP contribution < -0.4 is 4.74 Å². The third-order valence-corrected chi connectivity index (χ3v) is 2.00. The first-order valence-electron chi connectivity index (χ1n) is 4.63. The maximum atomic E-state index is 12.6. The molecule has 0 saturated heterocycles. The summed E-state index contributed by atoms with van der Waals surface area (Å²) in [4.78, 5) is 21.3. The number of halogens is 2. The molecule has 0 radical (unpaired) electrons. The molecule has 86 valence electrons. The van der Waals surface area contributed by atoms with E-state index in [-0.39, 0.29) is 29.4 Å². The minimum Gasteiger partial charge on any atom is -0.494 e. The zero-order valence-electron chi connectivity index (χ0n) is 8.57. The number of benzene rings is 1. The predicted molar refractivity (Wildman–Crippen MR) is 53.3 cm³/mol. The van der Waals surface area contributed by atoms with Gasteiger partial charge in [-0.15, -0.1) is 0 Å². The number of ether oxygens (including phenoxy) is 1. The van der Waals surface area contributed by atoms with Crippen LogP contribution in [0.3, 0.4) is 0 Å². The topological polar surface area (TPSA) is 43.4 Å². The number of aldehydes is 2. The van der Waals surface area contributed by atoms with E-state index in [0.717, 1.165) is 0 Å². The predicted octanol–water partition coefficient (Wildman–Crippen LogP) is 2.65. The molecular weight excluding hydrogens is 218 g/mol. The molecule has 1 rings (SSSR count). The van der Waals surface area contributed by atoms with E-state index in [2.05, 4.69) is 0 Å². The summed E-state index contributed by atoms with van der Waals surface area (Å²) in [5, 5.41) is 0. The van der Waals surface area contributed by atoms with Gasteiger partial charge in [0.25, 0.3) is 6.43 Å². The third-order valence-electron chi connectivity index (χ3n) is 2.00. The Kier molecular flexibility index (Phi) is 4.10. The molecule has 1 aromatic rings. The van der Waals surface area contributed by atoms with Gasteiger partial charge < -0.3 is 4.74 Å². The molecule has 5 heteroatoms. The van der Waals surface area contributed by atoms with Gasteiger partial charge in [-0.05, 0) is 19.1 Å². The highest BCUT2D eigenvalue weighted by atomic mass is 19.3. The molecular formula is C11H10F2O3. The van der Waals surface area contributed by atoms with Crippen molar-refractivity contribution in [3.05, 3.63) is 28.8 Å². The number of carbonyl (C=O) groups excluding carboxylic acids is 2. The zero-order valence-corrected chi connectivity index (χ0v) is 8.57. The maximum absolute atomic E-state index is 12.6. The minimum absolute atomic E-state index is 0.219. The lowest BCUT2D eigenvalue weighted by Crippen LogP contribution is -2.02. The van der Waals surface area contributed by atoms with Crippen LogP contribution in [0.5, 0.6) is 5.75 Å². The second-order valence-corrected chi connectivity index (χ2v) is 2.98. The smallest absolute Gasteiger partial charge is 0.265 e. The summed E-state index contributed by atoms with van der Waals surface area (Å²) in [5.41, 5.74) is -0.987. The molecule has 0 N–H and O–H groups in total. The molecule has 0 unspecified atom stereocenters. The Morgan fingerprint density at radius 3 is 2.06 bits per heavy atom. The average molecular weight is 228 g/mol. The summed E-state index contributed by atoms with van der Waals surface area (Å²) in [6.07, 6.45) is -2.29. The number of hydrogen-bond donors (Lipinski definition) is 0. The quantitative estimate of drug-likeness (QED) is 0.727. The second-order valence-electron chi connectivity index (χ2n) is 2.98. The molecule has 0 bridgehead atoms. The van der Waals surface area contributed by atoms with Gasteiger partial charge in [0.05, 0.1) is 6.61 Å². The van der Waals surface area contributed by atoms with Gasteiger partial charge in [-0.2, -0.15) is 0 Å². The highest BCUT2D eigenvalue weighted by molar-refractivity contribution is 5.87. The van der Waals surface area contributed by atoms with E-state index >= 15 is 0 Å². The molecule has 0 spiro atoms. The van der Waals surface area contributed by atoms with Crippen molar-refractivity contribution in [3.63, 3.8) is 0 Å². The Hall–Kier alpha value is -1.78. The number of alkyl halides is 2. The Labute approximate surface area is 91.0 Å². The zero-order chi connectivity index (χ0) is 12.1.